The molecule has 0 amide bonds. The number of methoxy groups -OCH3 is 1. The first-order chi connectivity index (χ1) is 9.80. The van der Waals surface area contributed by atoms with Gasteiger partial charge in [0.15, 0.2) is 0 Å². The van der Waals surface area contributed by atoms with Gasteiger partial charge in [0, 0.05) is 17.8 Å². The van der Waals surface area contributed by atoms with Gasteiger partial charge < -0.3 is 4.74 Å². The van der Waals surface area contributed by atoms with Crippen molar-refractivity contribution in [1.82, 2.24) is 4.98 Å². The van der Waals surface area contributed by atoms with Crippen LogP contribution in [-0.4, -0.2) is 12.1 Å². The molecule has 0 radical (unpaired) electrons. The average Bonchev–Trinajstić information content (AvgIpc) is 2.53. The molecule has 0 fully saturated rings. The summed E-state index contributed by atoms with van der Waals surface area (Å²) in [5.74, 6) is 1.88. The lowest BCUT2D eigenvalue weighted by atomic mass is 9.80. The van der Waals surface area contributed by atoms with Gasteiger partial charge >= 0.3 is 0 Å². The van der Waals surface area contributed by atoms with E-state index in [-0.39, 0.29) is 0 Å². The fourth-order valence-corrected chi connectivity index (χ4v) is 2.90. The molecule has 0 unspecified atom stereocenters. The van der Waals surface area contributed by atoms with Gasteiger partial charge in [-0.2, -0.15) is 0 Å². The molecule has 1 aromatic heterocycles. The third-order valence-corrected chi connectivity index (χ3v) is 3.98. The number of pyridine rings is 1. The van der Waals surface area contributed by atoms with Gasteiger partial charge in [0.05, 0.1) is 7.11 Å². The highest BCUT2D eigenvalue weighted by Crippen LogP contribution is 2.37. The largest absolute Gasteiger partial charge is 0.497 e. The molecule has 2 heteroatoms. The van der Waals surface area contributed by atoms with E-state index >= 15 is 0 Å². The third-order valence-electron chi connectivity index (χ3n) is 3.98. The van der Waals surface area contributed by atoms with E-state index in [0.29, 0.717) is 11.8 Å². The van der Waals surface area contributed by atoms with Crippen LogP contribution in [0.1, 0.15) is 49.8 Å². The molecule has 1 heterocycles. The Labute approximate surface area is 121 Å². The van der Waals surface area contributed by atoms with Crippen molar-refractivity contribution >= 4 is 0 Å². The Morgan fingerprint density at radius 1 is 0.950 bits per heavy atom. The first-order valence-electron chi connectivity index (χ1n) is 7.35. The monoisotopic (exact) mass is 269 g/mol. The van der Waals surface area contributed by atoms with Crippen LogP contribution >= 0.6 is 0 Å². The summed E-state index contributed by atoms with van der Waals surface area (Å²) in [6, 6.07) is 14.6. The molecule has 1 aromatic carbocycles. The molecule has 0 N–H and O–H groups in total. The van der Waals surface area contributed by atoms with Crippen LogP contribution < -0.4 is 4.74 Å². The second-order valence-electron chi connectivity index (χ2n) is 5.06. The van der Waals surface area contributed by atoms with Gasteiger partial charge in [0.2, 0.25) is 0 Å². The number of aromatic nitrogens is 1. The Morgan fingerprint density at radius 2 is 1.65 bits per heavy atom. The Balaban J connectivity index is 2.29. The summed E-state index contributed by atoms with van der Waals surface area (Å²) >= 11 is 0. The molecule has 0 saturated heterocycles. The maximum atomic E-state index is 5.24. The van der Waals surface area contributed by atoms with Crippen LogP contribution in [0.5, 0.6) is 5.75 Å². The molecule has 0 aliphatic carbocycles. The van der Waals surface area contributed by atoms with Gasteiger partial charge in [-0.1, -0.05) is 32.0 Å². The molecule has 20 heavy (non-hydrogen) atoms. The number of rotatable bonds is 6. The van der Waals surface area contributed by atoms with Gasteiger partial charge in [-0.15, -0.1) is 0 Å². The minimum Gasteiger partial charge on any atom is -0.497 e. The molecular weight excluding hydrogens is 246 g/mol. The molecule has 106 valence electrons. The highest BCUT2D eigenvalue weighted by atomic mass is 16.5. The quantitative estimate of drug-likeness (QED) is 0.753. The lowest BCUT2D eigenvalue weighted by molar-refractivity contribution is 0.414. The lowest BCUT2D eigenvalue weighted by Gasteiger charge is -2.25. The zero-order valence-corrected chi connectivity index (χ0v) is 12.5. The summed E-state index contributed by atoms with van der Waals surface area (Å²) in [5, 5.41) is 0. The minimum absolute atomic E-state index is 0.467. The highest BCUT2D eigenvalue weighted by Gasteiger charge is 2.22. The van der Waals surface area contributed by atoms with Crippen LogP contribution in [0.25, 0.3) is 0 Å². The zero-order chi connectivity index (χ0) is 14.4. The smallest absolute Gasteiger partial charge is 0.118 e. The summed E-state index contributed by atoms with van der Waals surface area (Å²) in [7, 11) is 1.70. The number of hydrogen-bond donors (Lipinski definition) is 0. The van der Waals surface area contributed by atoms with E-state index in [2.05, 4.69) is 43.1 Å². The highest BCUT2D eigenvalue weighted by molar-refractivity contribution is 5.31. The Bertz CT molecular complexity index is 507. The van der Waals surface area contributed by atoms with E-state index in [4.69, 9.17) is 4.74 Å². The normalized spacial score (nSPS) is 13.8. The molecule has 2 rings (SSSR count). The molecule has 0 spiro atoms. The summed E-state index contributed by atoms with van der Waals surface area (Å²) in [6.45, 7) is 4.49. The van der Waals surface area contributed by atoms with Crippen LogP contribution in [-0.2, 0) is 0 Å². The molecule has 0 aliphatic heterocycles. The van der Waals surface area contributed by atoms with Crippen molar-refractivity contribution < 1.29 is 4.74 Å². The van der Waals surface area contributed by atoms with Crippen LogP contribution in [0.3, 0.4) is 0 Å². The SMILES string of the molecule is CC[C@H](c1ccccn1)[C@@H](CC)c1ccc(OC)cc1. The second kappa shape index (κ2) is 7.09. The van der Waals surface area contributed by atoms with Gasteiger partial charge in [-0.05, 0) is 48.6 Å². The Kier molecular flexibility index (Phi) is 5.16. The topological polar surface area (TPSA) is 22.1 Å². The van der Waals surface area contributed by atoms with Gasteiger partial charge in [0.25, 0.3) is 0 Å². The summed E-state index contributed by atoms with van der Waals surface area (Å²) in [4.78, 5) is 4.55. The van der Waals surface area contributed by atoms with Crippen molar-refractivity contribution in [3.8, 4) is 5.75 Å². The number of nitrogens with zero attached hydrogens (tertiary/aromatic N) is 1. The van der Waals surface area contributed by atoms with E-state index < -0.39 is 0 Å². The van der Waals surface area contributed by atoms with E-state index in [0.717, 1.165) is 18.6 Å². The number of benzene rings is 1. The predicted octanol–water partition coefficient (Wildman–Crippen LogP) is 4.78. The van der Waals surface area contributed by atoms with Crippen molar-refractivity contribution in [2.75, 3.05) is 7.11 Å². The standard InChI is InChI=1S/C18H23NO/c1-4-16(14-9-11-15(20-3)12-10-14)17(5-2)18-8-6-7-13-19-18/h6-13,16-17H,4-5H2,1-3H3/t16-,17-/m0/s1. The van der Waals surface area contributed by atoms with Crippen molar-refractivity contribution in [3.05, 3.63) is 59.9 Å². The Morgan fingerprint density at radius 3 is 2.15 bits per heavy atom. The zero-order valence-electron chi connectivity index (χ0n) is 12.5. The van der Waals surface area contributed by atoms with E-state index in [1.807, 2.05) is 24.4 Å². The van der Waals surface area contributed by atoms with Gasteiger partial charge in [0.1, 0.15) is 5.75 Å². The van der Waals surface area contributed by atoms with Crippen molar-refractivity contribution in [2.45, 2.75) is 38.5 Å². The molecular formula is C18H23NO. The fraction of sp³-hybridized carbons (Fsp3) is 0.389. The number of hydrogen-bond acceptors (Lipinski definition) is 2. The summed E-state index contributed by atoms with van der Waals surface area (Å²) in [5.41, 5.74) is 2.56. The summed E-state index contributed by atoms with van der Waals surface area (Å²) in [6.07, 6.45) is 4.10. The molecule has 0 bridgehead atoms. The molecule has 2 atom stereocenters. The average molecular weight is 269 g/mol. The lowest BCUT2D eigenvalue weighted by Crippen LogP contribution is -2.11. The maximum absolute atomic E-state index is 5.24. The van der Waals surface area contributed by atoms with Crippen molar-refractivity contribution in [3.63, 3.8) is 0 Å². The maximum Gasteiger partial charge on any atom is 0.118 e. The molecule has 0 aliphatic rings. The van der Waals surface area contributed by atoms with E-state index in [1.54, 1.807) is 7.11 Å². The van der Waals surface area contributed by atoms with Crippen LogP contribution in [0.2, 0.25) is 0 Å². The first-order valence-corrected chi connectivity index (χ1v) is 7.35. The van der Waals surface area contributed by atoms with Crippen molar-refractivity contribution in [1.29, 1.82) is 0 Å². The first kappa shape index (κ1) is 14.6. The fourth-order valence-electron chi connectivity index (χ4n) is 2.90. The third kappa shape index (κ3) is 3.19. The number of ether oxygens (including phenoxy) is 1. The van der Waals surface area contributed by atoms with E-state index in [9.17, 15) is 0 Å². The van der Waals surface area contributed by atoms with Crippen molar-refractivity contribution in [2.24, 2.45) is 0 Å². The minimum atomic E-state index is 0.467. The van der Waals surface area contributed by atoms with Crippen LogP contribution in [0, 0.1) is 0 Å². The van der Waals surface area contributed by atoms with Gasteiger partial charge in [-0.25, -0.2) is 0 Å². The molecule has 0 saturated carbocycles. The second-order valence-corrected chi connectivity index (χ2v) is 5.06. The predicted molar refractivity (Wildman–Crippen MR) is 83.3 cm³/mol. The molecule has 2 aromatic rings. The summed E-state index contributed by atoms with van der Waals surface area (Å²) < 4.78 is 5.24. The van der Waals surface area contributed by atoms with Gasteiger partial charge in [-0.3, -0.25) is 4.98 Å². The Hall–Kier alpha value is -1.83. The van der Waals surface area contributed by atoms with Crippen LogP contribution in [0.4, 0.5) is 0 Å². The van der Waals surface area contributed by atoms with Crippen LogP contribution in [0.15, 0.2) is 48.7 Å². The molecule has 2 nitrogen and oxygen atoms in total. The van der Waals surface area contributed by atoms with E-state index in [1.165, 1.54) is 11.3 Å².